The van der Waals surface area contributed by atoms with Gasteiger partial charge in [-0.25, -0.2) is 22.8 Å². The van der Waals surface area contributed by atoms with Crippen LogP contribution in [0.1, 0.15) is 30.5 Å². The highest BCUT2D eigenvalue weighted by Gasteiger charge is 2.17. The number of amides is 2. The summed E-state index contributed by atoms with van der Waals surface area (Å²) in [4.78, 5) is 28.5. The maximum absolute atomic E-state index is 12.5. The van der Waals surface area contributed by atoms with Gasteiger partial charge in [-0.1, -0.05) is 17.7 Å². The van der Waals surface area contributed by atoms with Crippen molar-refractivity contribution in [3.8, 4) is 0 Å². The largest absolute Gasteiger partial charge is 0.326 e. The van der Waals surface area contributed by atoms with E-state index in [9.17, 15) is 18.0 Å². The van der Waals surface area contributed by atoms with Gasteiger partial charge in [0.25, 0.3) is 0 Å². The van der Waals surface area contributed by atoms with Crippen LogP contribution < -0.4 is 15.4 Å². The van der Waals surface area contributed by atoms with Crippen molar-refractivity contribution >= 4 is 33.2 Å². The van der Waals surface area contributed by atoms with E-state index in [2.05, 4.69) is 25.4 Å². The Labute approximate surface area is 192 Å². The summed E-state index contributed by atoms with van der Waals surface area (Å²) in [5.41, 5.74) is 2.71. The first-order valence-corrected chi connectivity index (χ1v) is 11.8. The van der Waals surface area contributed by atoms with Crippen molar-refractivity contribution in [2.24, 2.45) is 0 Å². The second-order valence-corrected chi connectivity index (χ2v) is 9.32. The fraction of sp³-hybridized carbons (Fsp3) is 0.273. The highest BCUT2D eigenvalue weighted by Crippen LogP contribution is 2.17. The van der Waals surface area contributed by atoms with E-state index in [1.54, 1.807) is 56.3 Å². The molecule has 0 aliphatic rings. The Balaban J connectivity index is 1.48. The lowest BCUT2D eigenvalue weighted by Crippen LogP contribution is -2.28. The predicted octanol–water partition coefficient (Wildman–Crippen LogP) is 2.40. The second-order valence-electron chi connectivity index (χ2n) is 7.58. The molecule has 0 fully saturated rings. The molecule has 1 aromatic heterocycles. The van der Waals surface area contributed by atoms with E-state index in [0.29, 0.717) is 16.9 Å². The molecule has 11 heteroatoms. The monoisotopic (exact) mass is 470 g/mol. The average Bonchev–Trinajstić information content (AvgIpc) is 3.29. The van der Waals surface area contributed by atoms with Gasteiger partial charge in [-0.05, 0) is 56.7 Å². The zero-order valence-corrected chi connectivity index (χ0v) is 19.4. The molecule has 0 spiro atoms. The van der Waals surface area contributed by atoms with Crippen molar-refractivity contribution in [2.75, 3.05) is 17.2 Å². The van der Waals surface area contributed by atoms with Crippen LogP contribution >= 0.6 is 0 Å². The summed E-state index contributed by atoms with van der Waals surface area (Å²) in [6.45, 7) is 5.29. The van der Waals surface area contributed by atoms with Crippen LogP contribution in [0.2, 0.25) is 0 Å². The number of hydrogen-bond donors (Lipinski definition) is 3. The number of hydrogen-bond acceptors (Lipinski definition) is 6. The lowest BCUT2D eigenvalue weighted by molar-refractivity contribution is -0.119. The van der Waals surface area contributed by atoms with Crippen LogP contribution in [-0.4, -0.2) is 41.5 Å². The molecule has 2 aromatic carbocycles. The van der Waals surface area contributed by atoms with Gasteiger partial charge in [0.1, 0.15) is 18.7 Å². The van der Waals surface area contributed by atoms with Gasteiger partial charge in [0.05, 0.1) is 4.90 Å². The zero-order valence-electron chi connectivity index (χ0n) is 18.6. The number of aromatic nitrogens is 3. The summed E-state index contributed by atoms with van der Waals surface area (Å²) in [6, 6.07) is 11.2. The number of rotatable bonds is 9. The molecule has 0 radical (unpaired) electrons. The zero-order chi connectivity index (χ0) is 24.0. The van der Waals surface area contributed by atoms with Crippen LogP contribution in [-0.2, 0) is 19.6 Å². The number of aryl methyl sites for hydroxylation is 2. The number of nitrogens with zero attached hydrogens (tertiary/aromatic N) is 3. The molecule has 2 amide bonds. The number of carbonyl (C=O) groups is 2. The van der Waals surface area contributed by atoms with Gasteiger partial charge in [-0.2, -0.15) is 5.10 Å². The van der Waals surface area contributed by atoms with Gasteiger partial charge in [0, 0.05) is 24.3 Å². The van der Waals surface area contributed by atoms with E-state index in [1.165, 1.54) is 17.3 Å². The van der Waals surface area contributed by atoms with Crippen molar-refractivity contribution < 1.29 is 18.0 Å². The molecule has 0 aliphatic heterocycles. The lowest BCUT2D eigenvalue weighted by atomic mass is 10.2. The van der Waals surface area contributed by atoms with Gasteiger partial charge in [0.2, 0.25) is 21.8 Å². The van der Waals surface area contributed by atoms with Crippen LogP contribution in [0.4, 0.5) is 11.4 Å². The molecule has 0 saturated heterocycles. The minimum atomic E-state index is -3.70. The Morgan fingerprint density at radius 3 is 2.30 bits per heavy atom. The summed E-state index contributed by atoms with van der Waals surface area (Å²) in [6.07, 6.45) is 2.79. The lowest BCUT2D eigenvalue weighted by Gasteiger charge is -2.13. The van der Waals surface area contributed by atoms with E-state index in [1.807, 2.05) is 6.92 Å². The van der Waals surface area contributed by atoms with Crippen molar-refractivity contribution in [1.29, 1.82) is 0 Å². The van der Waals surface area contributed by atoms with Gasteiger partial charge in [0.15, 0.2) is 0 Å². The van der Waals surface area contributed by atoms with Crippen LogP contribution in [0.5, 0.6) is 0 Å². The molecule has 174 valence electrons. The molecule has 0 bridgehead atoms. The fourth-order valence-corrected chi connectivity index (χ4v) is 4.38. The summed E-state index contributed by atoms with van der Waals surface area (Å²) < 4.78 is 28.8. The third-order valence-electron chi connectivity index (χ3n) is 4.91. The molecule has 0 aliphatic carbocycles. The number of sulfonamides is 1. The molecule has 3 aromatic rings. The quantitative estimate of drug-likeness (QED) is 0.439. The van der Waals surface area contributed by atoms with Crippen molar-refractivity contribution in [2.45, 2.75) is 38.1 Å². The van der Waals surface area contributed by atoms with Gasteiger partial charge in [-0.15, -0.1) is 0 Å². The normalized spacial score (nSPS) is 12.2. The highest BCUT2D eigenvalue weighted by molar-refractivity contribution is 7.89. The first-order chi connectivity index (χ1) is 15.7. The molecule has 10 nitrogen and oxygen atoms in total. The molecular formula is C22H26N6O4S. The van der Waals surface area contributed by atoms with Crippen LogP contribution in [0.25, 0.3) is 0 Å². The molecule has 1 atom stereocenters. The highest BCUT2D eigenvalue weighted by atomic mass is 32.2. The van der Waals surface area contributed by atoms with Gasteiger partial charge >= 0.3 is 0 Å². The minimum Gasteiger partial charge on any atom is -0.326 e. The standard InChI is InChI=1S/C22H26N6O4S/c1-15-4-9-20(16(2)12-15)33(31,32)25-11-10-21(29)26-18-5-7-19(8-6-18)27-22(30)17(3)28-14-23-13-24-28/h4-9,12-14,17,25H,10-11H2,1-3H3,(H,26,29)(H,27,30). The number of carbonyl (C=O) groups excluding carboxylic acids is 2. The van der Waals surface area contributed by atoms with Crippen LogP contribution in [0.3, 0.4) is 0 Å². The van der Waals surface area contributed by atoms with E-state index in [0.717, 1.165) is 5.56 Å². The third kappa shape index (κ3) is 6.46. The Morgan fingerprint density at radius 2 is 1.70 bits per heavy atom. The van der Waals surface area contributed by atoms with Gasteiger partial charge < -0.3 is 10.6 Å². The van der Waals surface area contributed by atoms with Crippen molar-refractivity contribution in [3.63, 3.8) is 0 Å². The smallest absolute Gasteiger partial charge is 0.249 e. The Morgan fingerprint density at radius 1 is 1.03 bits per heavy atom. The Kier molecular flexibility index (Phi) is 7.56. The first-order valence-electron chi connectivity index (χ1n) is 10.3. The molecule has 1 heterocycles. The van der Waals surface area contributed by atoms with E-state index in [4.69, 9.17) is 0 Å². The SMILES string of the molecule is Cc1ccc(S(=O)(=O)NCCC(=O)Nc2ccc(NC(=O)C(C)n3cncn3)cc2)c(C)c1. The number of nitrogens with one attached hydrogen (secondary N) is 3. The number of anilines is 2. The summed E-state index contributed by atoms with van der Waals surface area (Å²) in [5, 5.41) is 9.42. The van der Waals surface area contributed by atoms with Crippen molar-refractivity contribution in [1.82, 2.24) is 19.5 Å². The van der Waals surface area contributed by atoms with Crippen molar-refractivity contribution in [3.05, 3.63) is 66.2 Å². The van der Waals surface area contributed by atoms with Crippen LogP contribution in [0.15, 0.2) is 60.0 Å². The van der Waals surface area contributed by atoms with E-state index >= 15 is 0 Å². The summed E-state index contributed by atoms with van der Waals surface area (Å²) >= 11 is 0. The molecule has 3 N–H and O–H groups in total. The maximum atomic E-state index is 12.5. The third-order valence-corrected chi connectivity index (χ3v) is 6.53. The topological polar surface area (TPSA) is 135 Å². The van der Waals surface area contributed by atoms with Gasteiger partial charge in [-0.3, -0.25) is 9.59 Å². The Bertz CT molecular complexity index is 1220. The molecule has 3 rings (SSSR count). The van der Waals surface area contributed by atoms with Crippen LogP contribution in [0, 0.1) is 13.8 Å². The molecular weight excluding hydrogens is 444 g/mol. The van der Waals surface area contributed by atoms with E-state index in [-0.39, 0.29) is 29.7 Å². The second kappa shape index (κ2) is 10.4. The molecule has 1 unspecified atom stereocenters. The summed E-state index contributed by atoms with van der Waals surface area (Å²) in [7, 11) is -3.70. The fourth-order valence-electron chi connectivity index (χ4n) is 3.12. The maximum Gasteiger partial charge on any atom is 0.249 e. The summed E-state index contributed by atoms with van der Waals surface area (Å²) in [5.74, 6) is -0.594. The Hall–Kier alpha value is -3.57. The first kappa shape index (κ1) is 24.1. The number of benzene rings is 2. The average molecular weight is 471 g/mol. The molecule has 0 saturated carbocycles. The van der Waals surface area contributed by atoms with E-state index < -0.39 is 16.1 Å². The minimum absolute atomic E-state index is 0.0297. The molecule has 33 heavy (non-hydrogen) atoms. The predicted molar refractivity (Wildman–Crippen MR) is 124 cm³/mol.